The molecule has 2 fully saturated rings. The fraction of sp³-hybridized carbons (Fsp3) is 0.409. The number of fused-ring (bicyclic) bond motifs is 1. The number of nitrogens with one attached hydrogen (secondary N) is 1. The molecule has 2 aliphatic rings. The molecular formula is C22H26N6O. The van der Waals surface area contributed by atoms with Gasteiger partial charge in [0.2, 0.25) is 5.95 Å². The van der Waals surface area contributed by atoms with Gasteiger partial charge in [0.1, 0.15) is 5.82 Å². The van der Waals surface area contributed by atoms with Gasteiger partial charge in [0.15, 0.2) is 0 Å². The monoisotopic (exact) mass is 390 g/mol. The van der Waals surface area contributed by atoms with E-state index in [1.54, 1.807) is 0 Å². The van der Waals surface area contributed by atoms with Crippen molar-refractivity contribution in [1.82, 2.24) is 20.3 Å². The van der Waals surface area contributed by atoms with Crippen molar-refractivity contribution >= 4 is 22.7 Å². The maximum absolute atomic E-state index is 5.50. The Hall–Kier alpha value is -2.77. The third kappa shape index (κ3) is 4.02. The number of piperazine rings is 1. The van der Waals surface area contributed by atoms with Gasteiger partial charge in [-0.15, -0.1) is 0 Å². The zero-order valence-corrected chi connectivity index (χ0v) is 16.5. The summed E-state index contributed by atoms with van der Waals surface area (Å²) < 4.78 is 5.50. The van der Waals surface area contributed by atoms with E-state index in [2.05, 4.69) is 50.4 Å². The van der Waals surface area contributed by atoms with Gasteiger partial charge in [-0.05, 0) is 18.1 Å². The Kier molecular flexibility index (Phi) is 5.23. The minimum absolute atomic E-state index is 0.393. The Morgan fingerprint density at radius 3 is 2.72 bits per heavy atom. The summed E-state index contributed by atoms with van der Waals surface area (Å²) in [4.78, 5) is 18.7. The first-order chi connectivity index (χ1) is 14.4. The summed E-state index contributed by atoms with van der Waals surface area (Å²) in [7, 11) is 0. The molecule has 2 aliphatic heterocycles. The summed E-state index contributed by atoms with van der Waals surface area (Å²) in [5.74, 6) is 1.79. The van der Waals surface area contributed by atoms with E-state index >= 15 is 0 Å². The lowest BCUT2D eigenvalue weighted by Gasteiger charge is -2.36. The molecule has 0 saturated carbocycles. The Bertz CT molecular complexity index is 960. The van der Waals surface area contributed by atoms with Gasteiger partial charge in [0, 0.05) is 50.3 Å². The molecule has 0 radical (unpaired) electrons. The Balaban J connectivity index is 1.44. The first-order valence-electron chi connectivity index (χ1n) is 10.3. The van der Waals surface area contributed by atoms with E-state index in [9.17, 15) is 0 Å². The van der Waals surface area contributed by atoms with Crippen molar-refractivity contribution in [3.8, 4) is 0 Å². The van der Waals surface area contributed by atoms with Crippen molar-refractivity contribution < 1.29 is 4.74 Å². The lowest BCUT2D eigenvalue weighted by molar-refractivity contribution is 0.122. The van der Waals surface area contributed by atoms with Crippen LogP contribution in [0.5, 0.6) is 0 Å². The van der Waals surface area contributed by atoms with Crippen LogP contribution in [0.15, 0.2) is 48.8 Å². The molecule has 0 aliphatic carbocycles. The first-order valence-corrected chi connectivity index (χ1v) is 10.3. The van der Waals surface area contributed by atoms with Gasteiger partial charge in [0.25, 0.3) is 0 Å². The predicted octanol–water partition coefficient (Wildman–Crippen LogP) is 1.88. The molecule has 7 nitrogen and oxygen atoms in total. The van der Waals surface area contributed by atoms with Crippen molar-refractivity contribution in [3.05, 3.63) is 54.4 Å². The Morgan fingerprint density at radius 2 is 1.86 bits per heavy atom. The number of aromatic nitrogens is 3. The number of pyridine rings is 1. The fourth-order valence-electron chi connectivity index (χ4n) is 4.15. The minimum Gasteiger partial charge on any atom is -0.378 e. The summed E-state index contributed by atoms with van der Waals surface area (Å²) in [5.41, 5.74) is 2.26. The molecule has 0 spiro atoms. The molecule has 7 heteroatoms. The van der Waals surface area contributed by atoms with Crippen LogP contribution < -0.4 is 15.1 Å². The van der Waals surface area contributed by atoms with Crippen LogP contribution in [0, 0.1) is 0 Å². The lowest BCUT2D eigenvalue weighted by atomic mass is 10.0. The molecule has 2 saturated heterocycles. The van der Waals surface area contributed by atoms with Crippen molar-refractivity contribution in [1.29, 1.82) is 0 Å². The van der Waals surface area contributed by atoms with E-state index < -0.39 is 0 Å². The van der Waals surface area contributed by atoms with Gasteiger partial charge in [-0.3, -0.25) is 4.98 Å². The van der Waals surface area contributed by atoms with E-state index in [0.717, 1.165) is 75.0 Å². The van der Waals surface area contributed by atoms with Crippen molar-refractivity contribution in [2.45, 2.75) is 12.5 Å². The highest BCUT2D eigenvalue weighted by molar-refractivity contribution is 5.90. The highest BCUT2D eigenvalue weighted by Crippen LogP contribution is 2.27. The van der Waals surface area contributed by atoms with E-state index in [0.29, 0.717) is 6.04 Å². The molecule has 150 valence electrons. The molecule has 1 aromatic carbocycles. The summed E-state index contributed by atoms with van der Waals surface area (Å²) >= 11 is 0. The van der Waals surface area contributed by atoms with Crippen LogP contribution in [-0.2, 0) is 11.2 Å². The fourth-order valence-corrected chi connectivity index (χ4v) is 4.15. The molecule has 29 heavy (non-hydrogen) atoms. The zero-order valence-electron chi connectivity index (χ0n) is 16.5. The second kappa shape index (κ2) is 8.31. The van der Waals surface area contributed by atoms with Crippen molar-refractivity contribution in [2.75, 3.05) is 55.7 Å². The van der Waals surface area contributed by atoms with Gasteiger partial charge < -0.3 is 19.9 Å². The number of rotatable bonds is 4. The normalized spacial score (nSPS) is 20.2. The average Bonchev–Trinajstić information content (AvgIpc) is 2.80. The van der Waals surface area contributed by atoms with Crippen LogP contribution in [0.1, 0.15) is 5.56 Å². The zero-order chi connectivity index (χ0) is 19.5. The van der Waals surface area contributed by atoms with Gasteiger partial charge in [-0.25, -0.2) is 4.98 Å². The highest BCUT2D eigenvalue weighted by Gasteiger charge is 2.24. The lowest BCUT2D eigenvalue weighted by Crippen LogP contribution is -2.52. The van der Waals surface area contributed by atoms with E-state index in [4.69, 9.17) is 14.7 Å². The number of anilines is 2. The Morgan fingerprint density at radius 1 is 1.00 bits per heavy atom. The molecule has 0 amide bonds. The third-order valence-corrected chi connectivity index (χ3v) is 5.64. The number of hydrogen-bond donors (Lipinski definition) is 1. The second-order valence-corrected chi connectivity index (χ2v) is 7.63. The third-order valence-electron chi connectivity index (χ3n) is 5.64. The standard InChI is InChI=1S/C22H26N6O/c1-2-4-17(5-3-1)14-18-16-28(9-8-24-18)21-19-6-7-23-15-20(19)25-22(26-21)27-10-12-29-13-11-27/h1-7,15,18,24H,8-14,16H2. The molecule has 4 heterocycles. The van der Waals surface area contributed by atoms with E-state index in [1.807, 2.05) is 18.5 Å². The quantitative estimate of drug-likeness (QED) is 0.730. The second-order valence-electron chi connectivity index (χ2n) is 7.63. The SMILES string of the molecule is c1ccc(CC2CN(c3nc(N4CCOCC4)nc4cnccc34)CCN2)cc1. The van der Waals surface area contributed by atoms with Crippen LogP contribution in [0.3, 0.4) is 0 Å². The summed E-state index contributed by atoms with van der Waals surface area (Å²) in [6.45, 7) is 5.88. The van der Waals surface area contributed by atoms with Crippen molar-refractivity contribution in [3.63, 3.8) is 0 Å². The van der Waals surface area contributed by atoms with Crippen LogP contribution in [0.25, 0.3) is 10.9 Å². The average molecular weight is 390 g/mol. The topological polar surface area (TPSA) is 66.4 Å². The van der Waals surface area contributed by atoms with Gasteiger partial charge in [-0.1, -0.05) is 30.3 Å². The van der Waals surface area contributed by atoms with Gasteiger partial charge in [0.05, 0.1) is 24.9 Å². The molecule has 0 bridgehead atoms. The molecule has 1 N–H and O–H groups in total. The minimum atomic E-state index is 0.393. The number of ether oxygens (including phenoxy) is 1. The smallest absolute Gasteiger partial charge is 0.228 e. The largest absolute Gasteiger partial charge is 0.378 e. The number of benzene rings is 1. The molecule has 1 unspecified atom stereocenters. The summed E-state index contributed by atoms with van der Waals surface area (Å²) in [6, 6.07) is 13.1. The molecular weight excluding hydrogens is 364 g/mol. The number of nitrogens with zero attached hydrogens (tertiary/aromatic N) is 5. The van der Waals surface area contributed by atoms with Crippen LogP contribution in [-0.4, -0.2) is 66.9 Å². The van der Waals surface area contributed by atoms with Crippen molar-refractivity contribution in [2.24, 2.45) is 0 Å². The van der Waals surface area contributed by atoms with Crippen LogP contribution in [0.2, 0.25) is 0 Å². The molecule has 2 aromatic heterocycles. The van der Waals surface area contributed by atoms with Crippen LogP contribution >= 0.6 is 0 Å². The van der Waals surface area contributed by atoms with E-state index in [-0.39, 0.29) is 0 Å². The maximum atomic E-state index is 5.50. The molecule has 1 atom stereocenters. The maximum Gasteiger partial charge on any atom is 0.228 e. The summed E-state index contributed by atoms with van der Waals surface area (Å²) in [5, 5.41) is 4.74. The van der Waals surface area contributed by atoms with Crippen LogP contribution in [0.4, 0.5) is 11.8 Å². The molecule has 5 rings (SSSR count). The number of morpholine rings is 1. The first kappa shape index (κ1) is 18.3. The van der Waals surface area contributed by atoms with Gasteiger partial charge >= 0.3 is 0 Å². The highest BCUT2D eigenvalue weighted by atomic mass is 16.5. The van der Waals surface area contributed by atoms with Gasteiger partial charge in [-0.2, -0.15) is 4.98 Å². The number of hydrogen-bond acceptors (Lipinski definition) is 7. The summed E-state index contributed by atoms with van der Waals surface area (Å²) in [6.07, 6.45) is 4.68. The Labute approximate surface area is 170 Å². The predicted molar refractivity (Wildman–Crippen MR) is 115 cm³/mol. The van der Waals surface area contributed by atoms with E-state index in [1.165, 1.54) is 5.56 Å². The molecule has 3 aromatic rings.